The van der Waals surface area contributed by atoms with Crippen LogP contribution in [-0.2, 0) is 19.2 Å². The van der Waals surface area contributed by atoms with E-state index in [0.29, 0.717) is 21.2 Å². The van der Waals surface area contributed by atoms with E-state index in [1.54, 1.807) is 36.4 Å². The van der Waals surface area contributed by atoms with Crippen molar-refractivity contribution in [3.8, 4) is 22.3 Å². The van der Waals surface area contributed by atoms with Crippen LogP contribution in [0.1, 0.15) is 45.0 Å². The van der Waals surface area contributed by atoms with E-state index in [0.717, 1.165) is 59.0 Å². The molecular formula is C56H50Cl2N6O7. The van der Waals surface area contributed by atoms with Gasteiger partial charge in [-0.15, -0.1) is 0 Å². The number of aldehydes is 1. The van der Waals surface area contributed by atoms with Crippen molar-refractivity contribution in [3.05, 3.63) is 190 Å². The Morgan fingerprint density at radius 3 is 1.61 bits per heavy atom. The van der Waals surface area contributed by atoms with Gasteiger partial charge in [-0.1, -0.05) is 120 Å². The molecule has 0 saturated carbocycles. The van der Waals surface area contributed by atoms with E-state index in [9.17, 15) is 33.6 Å². The number of carbonyl (C=O) groups is 7. The van der Waals surface area contributed by atoms with E-state index in [1.165, 1.54) is 55.8 Å². The molecule has 8 amide bonds. The summed E-state index contributed by atoms with van der Waals surface area (Å²) in [5.41, 5.74) is 11.2. The van der Waals surface area contributed by atoms with Gasteiger partial charge in [-0.05, 0) is 106 Å². The number of fused-ring (bicyclic) bond motifs is 2. The van der Waals surface area contributed by atoms with Crippen LogP contribution < -0.4 is 0 Å². The zero-order valence-corrected chi connectivity index (χ0v) is 41.3. The van der Waals surface area contributed by atoms with E-state index in [-0.39, 0.29) is 6.42 Å². The molecule has 13 nitrogen and oxygen atoms in total. The highest BCUT2D eigenvalue weighted by atomic mass is 35.5. The molecule has 2 aliphatic rings. The maximum atomic E-state index is 13.4. The molecule has 360 valence electrons. The standard InChI is InChI=1S/C28H24ClN3O3.C15H13N.C7H5ClO.C6H8N2O3/c1-16-8-4-5-9-18(16)17-12-13-23-20(14-17)21(15-30-23)24(19-10-6-7-11-22(19)29)25-26(33)31(2)28(35)32(3)27(25)34;1-11-4-2-3-5-14(11)12-6-7-15-13(10-12)8-9-16-15;8-7-4-2-1-3-6(7)5-9;1-7-4(9)3-5(10)8(2)6(7)11/h4-15,24-25,30H,1-3H3;2-10,16H,1H3;1-5H;3H2,1-2H3. The first-order valence-corrected chi connectivity index (χ1v) is 23.2. The second-order valence-electron chi connectivity index (χ2n) is 17.0. The summed E-state index contributed by atoms with van der Waals surface area (Å²) in [7, 11) is 5.51. The van der Waals surface area contributed by atoms with Crippen molar-refractivity contribution in [1.82, 2.24) is 29.6 Å². The number of carbonyl (C=O) groups excluding carboxylic acids is 7. The van der Waals surface area contributed by atoms with Crippen LogP contribution in [-0.4, -0.2) is 99.7 Å². The molecule has 6 aromatic carbocycles. The van der Waals surface area contributed by atoms with Crippen molar-refractivity contribution in [2.24, 2.45) is 5.92 Å². The van der Waals surface area contributed by atoms with Gasteiger partial charge in [0, 0.05) is 73.5 Å². The number of barbiturate groups is 2. The second kappa shape index (κ2) is 22.1. The van der Waals surface area contributed by atoms with Crippen molar-refractivity contribution in [1.29, 1.82) is 0 Å². The van der Waals surface area contributed by atoms with Gasteiger partial charge in [0.1, 0.15) is 12.3 Å². The van der Waals surface area contributed by atoms with Gasteiger partial charge < -0.3 is 9.97 Å². The topological polar surface area (TPSA) is 164 Å². The summed E-state index contributed by atoms with van der Waals surface area (Å²) in [6, 6.07) is 44.3. The number of nitrogens with one attached hydrogen (secondary N) is 2. The van der Waals surface area contributed by atoms with Crippen molar-refractivity contribution in [2.45, 2.75) is 26.2 Å². The first-order chi connectivity index (χ1) is 34.0. The van der Waals surface area contributed by atoms with Crippen LogP contribution in [0.4, 0.5) is 9.59 Å². The summed E-state index contributed by atoms with van der Waals surface area (Å²) < 4.78 is 0. The Labute approximate surface area is 420 Å². The van der Waals surface area contributed by atoms with Crippen LogP contribution in [0.3, 0.4) is 0 Å². The SMILES string of the molecule is CN1C(=O)CC(=O)N(C)C1=O.Cc1ccccc1-c1ccc2[nH]cc(C(c3ccccc3Cl)C3C(=O)N(C)C(=O)N(C)C3=O)c2c1.Cc1ccccc1-c1ccc2[nH]ccc2c1.O=Cc1ccccc1Cl. The first kappa shape index (κ1) is 50.7. The number of aromatic nitrogens is 2. The summed E-state index contributed by atoms with van der Waals surface area (Å²) >= 11 is 12.2. The maximum absolute atomic E-state index is 13.4. The van der Waals surface area contributed by atoms with E-state index in [4.69, 9.17) is 23.2 Å². The minimum Gasteiger partial charge on any atom is -0.361 e. The van der Waals surface area contributed by atoms with Gasteiger partial charge in [0.25, 0.3) is 0 Å². The van der Waals surface area contributed by atoms with Gasteiger partial charge in [-0.3, -0.25) is 43.6 Å². The van der Waals surface area contributed by atoms with Crippen molar-refractivity contribution >= 4 is 87.0 Å². The summed E-state index contributed by atoms with van der Waals surface area (Å²) in [4.78, 5) is 92.3. The van der Waals surface area contributed by atoms with Gasteiger partial charge in [-0.2, -0.15) is 0 Å². The zero-order valence-electron chi connectivity index (χ0n) is 39.8. The first-order valence-electron chi connectivity index (χ1n) is 22.4. The maximum Gasteiger partial charge on any atom is 0.332 e. The highest BCUT2D eigenvalue weighted by molar-refractivity contribution is 6.33. The quantitative estimate of drug-likeness (QED) is 0.124. The molecule has 2 fully saturated rings. The molecule has 71 heavy (non-hydrogen) atoms. The largest absolute Gasteiger partial charge is 0.361 e. The molecule has 2 aromatic heterocycles. The number of aromatic amines is 2. The average Bonchev–Trinajstić information content (AvgIpc) is 4.03. The molecule has 0 bridgehead atoms. The van der Waals surface area contributed by atoms with E-state index in [1.807, 2.05) is 48.8 Å². The Morgan fingerprint density at radius 2 is 1.06 bits per heavy atom. The third kappa shape index (κ3) is 10.9. The molecule has 0 radical (unpaired) electrons. The monoisotopic (exact) mass is 988 g/mol. The molecular weight excluding hydrogens is 940 g/mol. The fraction of sp³-hybridized carbons (Fsp3) is 0.161. The lowest BCUT2D eigenvalue weighted by Crippen LogP contribution is -2.58. The number of nitrogens with zero attached hydrogens (tertiary/aromatic N) is 4. The number of urea groups is 2. The summed E-state index contributed by atoms with van der Waals surface area (Å²) in [6.45, 7) is 4.21. The lowest BCUT2D eigenvalue weighted by Gasteiger charge is -2.37. The van der Waals surface area contributed by atoms with Gasteiger partial charge in [-0.25, -0.2) is 9.59 Å². The molecule has 2 aliphatic heterocycles. The molecule has 2 N–H and O–H groups in total. The molecule has 1 atom stereocenters. The lowest BCUT2D eigenvalue weighted by molar-refractivity contribution is -0.148. The minimum atomic E-state index is -1.14. The third-order valence-electron chi connectivity index (χ3n) is 12.5. The number of imide groups is 4. The van der Waals surface area contributed by atoms with Crippen LogP contribution in [0, 0.1) is 19.8 Å². The Hall–Kier alpha value is -8.13. The highest BCUT2D eigenvalue weighted by Gasteiger charge is 2.48. The molecule has 8 aromatic rings. The van der Waals surface area contributed by atoms with Gasteiger partial charge >= 0.3 is 12.1 Å². The van der Waals surface area contributed by atoms with Crippen molar-refractivity contribution in [3.63, 3.8) is 0 Å². The van der Waals surface area contributed by atoms with Crippen LogP contribution >= 0.6 is 23.2 Å². The van der Waals surface area contributed by atoms with E-state index in [2.05, 4.69) is 90.5 Å². The van der Waals surface area contributed by atoms with Crippen LogP contribution in [0.2, 0.25) is 10.0 Å². The molecule has 4 heterocycles. The van der Waals surface area contributed by atoms with Gasteiger partial charge in [0.05, 0.1) is 5.02 Å². The fourth-order valence-corrected chi connectivity index (χ4v) is 8.87. The van der Waals surface area contributed by atoms with Gasteiger partial charge in [0.2, 0.25) is 23.6 Å². The molecule has 2 saturated heterocycles. The normalized spacial score (nSPS) is 14.4. The van der Waals surface area contributed by atoms with Gasteiger partial charge in [0.15, 0.2) is 6.29 Å². The predicted molar refractivity (Wildman–Crippen MR) is 277 cm³/mol. The predicted octanol–water partition coefficient (Wildman–Crippen LogP) is 11.3. The fourth-order valence-electron chi connectivity index (χ4n) is 8.43. The smallest absolute Gasteiger partial charge is 0.332 e. The Morgan fingerprint density at radius 1 is 0.549 bits per heavy atom. The highest BCUT2D eigenvalue weighted by Crippen LogP contribution is 2.43. The number of H-pyrrole nitrogens is 2. The Bertz CT molecular complexity index is 3300. The average molecular weight is 990 g/mol. The molecule has 1 unspecified atom stereocenters. The second-order valence-corrected chi connectivity index (χ2v) is 17.8. The Balaban J connectivity index is 0.000000167. The molecule has 0 spiro atoms. The number of halogens is 2. The summed E-state index contributed by atoms with van der Waals surface area (Å²) in [5.74, 6) is -3.82. The van der Waals surface area contributed by atoms with Crippen LogP contribution in [0.25, 0.3) is 44.1 Å². The van der Waals surface area contributed by atoms with Crippen LogP contribution in [0.5, 0.6) is 0 Å². The molecule has 15 heteroatoms. The number of aryl methyl sites for hydroxylation is 2. The number of hydrogen-bond acceptors (Lipinski definition) is 7. The van der Waals surface area contributed by atoms with Crippen LogP contribution in [0.15, 0.2) is 152 Å². The lowest BCUT2D eigenvalue weighted by atomic mass is 9.78. The summed E-state index contributed by atoms with van der Waals surface area (Å²) in [5, 5.41) is 3.11. The zero-order chi connectivity index (χ0) is 51.1. The van der Waals surface area contributed by atoms with E-state index < -0.39 is 47.5 Å². The summed E-state index contributed by atoms with van der Waals surface area (Å²) in [6.07, 6.45) is 4.34. The number of amides is 8. The Kier molecular flexibility index (Phi) is 15.8. The third-order valence-corrected chi connectivity index (χ3v) is 13.2. The van der Waals surface area contributed by atoms with E-state index >= 15 is 0 Å². The number of hydrogen-bond donors (Lipinski definition) is 2. The van der Waals surface area contributed by atoms with Crippen molar-refractivity contribution in [2.75, 3.05) is 28.2 Å². The number of benzene rings is 6. The minimum absolute atomic E-state index is 0.210. The molecule has 10 rings (SSSR count). The van der Waals surface area contributed by atoms with Crippen molar-refractivity contribution < 1.29 is 33.6 Å². The molecule has 0 aliphatic carbocycles. The number of rotatable bonds is 6.